The Labute approximate surface area is 176 Å². The summed E-state index contributed by atoms with van der Waals surface area (Å²) in [6.07, 6.45) is 3.94. The van der Waals surface area contributed by atoms with Gasteiger partial charge in [-0.1, -0.05) is 12.1 Å². The van der Waals surface area contributed by atoms with E-state index in [1.54, 1.807) is 12.1 Å². The first-order valence-electron chi connectivity index (χ1n) is 10.2. The number of anilines is 1. The Morgan fingerprint density at radius 3 is 2.60 bits per heavy atom. The molecule has 1 aromatic heterocycles. The second-order valence-corrected chi connectivity index (χ2v) is 6.93. The van der Waals surface area contributed by atoms with Crippen molar-refractivity contribution in [1.29, 1.82) is 0 Å². The molecule has 3 rings (SSSR count). The van der Waals surface area contributed by atoms with Crippen LogP contribution in [0.15, 0.2) is 46.9 Å². The lowest BCUT2D eigenvalue weighted by Gasteiger charge is -2.36. The fraction of sp³-hybridized carbons (Fsp3) is 0.391. The van der Waals surface area contributed by atoms with Crippen molar-refractivity contribution in [3.8, 4) is 5.75 Å². The van der Waals surface area contributed by atoms with Crippen molar-refractivity contribution < 1.29 is 23.5 Å². The monoisotopic (exact) mass is 412 g/mol. The van der Waals surface area contributed by atoms with Gasteiger partial charge in [0.1, 0.15) is 17.3 Å². The smallest absolute Gasteiger partial charge is 0.305 e. The van der Waals surface area contributed by atoms with Crippen LogP contribution in [0.1, 0.15) is 24.9 Å². The van der Waals surface area contributed by atoms with E-state index in [2.05, 4.69) is 15.7 Å². The van der Waals surface area contributed by atoms with Gasteiger partial charge in [-0.3, -0.25) is 9.59 Å². The average molecular weight is 412 g/mol. The number of esters is 1. The summed E-state index contributed by atoms with van der Waals surface area (Å²) in [5.41, 5.74) is 1.07. The van der Waals surface area contributed by atoms with E-state index in [1.807, 2.05) is 36.1 Å². The molecule has 7 nitrogen and oxygen atoms in total. The van der Waals surface area contributed by atoms with E-state index in [1.165, 1.54) is 13.2 Å². The van der Waals surface area contributed by atoms with Gasteiger partial charge in [0, 0.05) is 38.7 Å². The minimum Gasteiger partial charge on any atom is -0.492 e. The third-order valence-electron chi connectivity index (χ3n) is 4.97. The molecule has 30 heavy (non-hydrogen) atoms. The molecule has 0 spiro atoms. The molecule has 0 aliphatic carbocycles. The highest BCUT2D eigenvalue weighted by Crippen LogP contribution is 2.28. The van der Waals surface area contributed by atoms with Crippen LogP contribution in [0.3, 0.4) is 0 Å². The van der Waals surface area contributed by atoms with Gasteiger partial charge in [0.15, 0.2) is 0 Å². The standard InChI is InChI=1S/C23H28N2O5/c1-3-29-21-7-5-4-6-20(21)24-14-16-25(17-15-24)22(26)12-10-18-8-9-19(30-18)11-13-23(27)28-2/h4-10,12H,3,11,13-17H2,1-2H3/b12-10+. The molecule has 7 heteroatoms. The molecule has 2 aromatic rings. The normalized spacial score (nSPS) is 14.2. The molecule has 1 aliphatic heterocycles. The molecule has 1 amide bonds. The van der Waals surface area contributed by atoms with Crippen molar-refractivity contribution in [2.75, 3.05) is 44.8 Å². The predicted octanol–water partition coefficient (Wildman–Crippen LogP) is 3.15. The number of hydrogen-bond donors (Lipinski definition) is 0. The van der Waals surface area contributed by atoms with Crippen LogP contribution in [0.5, 0.6) is 5.75 Å². The highest BCUT2D eigenvalue weighted by molar-refractivity contribution is 5.91. The predicted molar refractivity (Wildman–Crippen MR) is 114 cm³/mol. The Kier molecular flexibility index (Phi) is 7.54. The molecule has 1 fully saturated rings. The van der Waals surface area contributed by atoms with E-state index in [4.69, 9.17) is 9.15 Å². The molecule has 1 saturated heterocycles. The number of nitrogens with zero attached hydrogens (tertiary/aromatic N) is 2. The van der Waals surface area contributed by atoms with Crippen LogP contribution < -0.4 is 9.64 Å². The first-order valence-corrected chi connectivity index (χ1v) is 10.2. The van der Waals surface area contributed by atoms with Gasteiger partial charge in [0.2, 0.25) is 5.91 Å². The van der Waals surface area contributed by atoms with Crippen LogP contribution >= 0.6 is 0 Å². The second kappa shape index (κ2) is 10.5. The van der Waals surface area contributed by atoms with Crippen LogP contribution in [-0.4, -0.2) is 56.7 Å². The van der Waals surface area contributed by atoms with E-state index in [0.717, 1.165) is 24.5 Å². The molecule has 0 atom stereocenters. The zero-order chi connectivity index (χ0) is 21.3. The van der Waals surface area contributed by atoms with Crippen molar-refractivity contribution in [2.45, 2.75) is 19.8 Å². The molecule has 2 heterocycles. The number of piperazine rings is 1. The van der Waals surface area contributed by atoms with Gasteiger partial charge < -0.3 is 23.7 Å². The first-order chi connectivity index (χ1) is 14.6. The number of methoxy groups -OCH3 is 1. The summed E-state index contributed by atoms with van der Waals surface area (Å²) in [4.78, 5) is 27.8. The fourth-order valence-electron chi connectivity index (χ4n) is 3.37. The summed E-state index contributed by atoms with van der Waals surface area (Å²) in [5.74, 6) is 1.84. The number of amides is 1. The lowest BCUT2D eigenvalue weighted by atomic mass is 10.2. The van der Waals surface area contributed by atoms with Crippen LogP contribution in [0.4, 0.5) is 5.69 Å². The molecule has 0 unspecified atom stereocenters. The largest absolute Gasteiger partial charge is 0.492 e. The Balaban J connectivity index is 1.51. The first kappa shape index (κ1) is 21.5. The lowest BCUT2D eigenvalue weighted by molar-refractivity contribution is -0.140. The lowest BCUT2D eigenvalue weighted by Crippen LogP contribution is -2.48. The molecular weight excluding hydrogens is 384 g/mol. The van der Waals surface area contributed by atoms with E-state index in [-0.39, 0.29) is 18.3 Å². The molecule has 0 N–H and O–H groups in total. The molecule has 0 bridgehead atoms. The molecule has 1 aliphatic rings. The van der Waals surface area contributed by atoms with Crippen molar-refractivity contribution in [3.05, 3.63) is 54.0 Å². The molecule has 1 aromatic carbocycles. The van der Waals surface area contributed by atoms with Gasteiger partial charge in [0.25, 0.3) is 0 Å². The Morgan fingerprint density at radius 2 is 1.87 bits per heavy atom. The Morgan fingerprint density at radius 1 is 1.10 bits per heavy atom. The fourth-order valence-corrected chi connectivity index (χ4v) is 3.37. The number of aryl methyl sites for hydroxylation is 1. The summed E-state index contributed by atoms with van der Waals surface area (Å²) in [6.45, 7) is 5.39. The van der Waals surface area contributed by atoms with E-state index < -0.39 is 0 Å². The molecular formula is C23H28N2O5. The molecule has 0 radical (unpaired) electrons. The maximum absolute atomic E-state index is 12.5. The second-order valence-electron chi connectivity index (χ2n) is 6.93. The summed E-state index contributed by atoms with van der Waals surface area (Å²) in [7, 11) is 1.36. The van der Waals surface area contributed by atoms with Crippen LogP contribution in [0.25, 0.3) is 6.08 Å². The summed E-state index contributed by atoms with van der Waals surface area (Å²) in [6, 6.07) is 11.6. The van der Waals surface area contributed by atoms with Crippen LogP contribution in [0.2, 0.25) is 0 Å². The summed E-state index contributed by atoms with van der Waals surface area (Å²) < 4.78 is 16.0. The van der Waals surface area contributed by atoms with Crippen LogP contribution in [-0.2, 0) is 20.7 Å². The SMILES string of the molecule is CCOc1ccccc1N1CCN(C(=O)/C=C/c2ccc(CCC(=O)OC)o2)CC1. The van der Waals surface area contributed by atoms with Crippen molar-refractivity contribution in [3.63, 3.8) is 0 Å². The maximum Gasteiger partial charge on any atom is 0.305 e. The van der Waals surface area contributed by atoms with Gasteiger partial charge in [-0.25, -0.2) is 0 Å². The van der Waals surface area contributed by atoms with Crippen molar-refractivity contribution in [2.24, 2.45) is 0 Å². The number of hydrogen-bond acceptors (Lipinski definition) is 6. The minimum atomic E-state index is -0.276. The van der Waals surface area contributed by atoms with Gasteiger partial charge >= 0.3 is 5.97 Å². The third kappa shape index (κ3) is 5.65. The van der Waals surface area contributed by atoms with Gasteiger partial charge in [-0.15, -0.1) is 0 Å². The number of carbonyl (C=O) groups excluding carboxylic acids is 2. The highest BCUT2D eigenvalue weighted by Gasteiger charge is 2.21. The Bertz CT molecular complexity index is 881. The van der Waals surface area contributed by atoms with Crippen molar-refractivity contribution in [1.82, 2.24) is 4.90 Å². The van der Waals surface area contributed by atoms with E-state index >= 15 is 0 Å². The minimum absolute atomic E-state index is 0.0414. The topological polar surface area (TPSA) is 72.2 Å². The molecule has 0 saturated carbocycles. The average Bonchev–Trinajstić information content (AvgIpc) is 3.24. The number of furan rings is 1. The van der Waals surface area contributed by atoms with E-state index in [9.17, 15) is 9.59 Å². The molecule has 160 valence electrons. The number of carbonyl (C=O) groups is 2. The quantitative estimate of drug-likeness (QED) is 0.490. The number of benzene rings is 1. The zero-order valence-corrected chi connectivity index (χ0v) is 17.5. The summed E-state index contributed by atoms with van der Waals surface area (Å²) in [5, 5.41) is 0. The third-order valence-corrected chi connectivity index (χ3v) is 4.97. The number of rotatable bonds is 8. The summed E-state index contributed by atoms with van der Waals surface area (Å²) >= 11 is 0. The highest BCUT2D eigenvalue weighted by atomic mass is 16.5. The number of para-hydroxylation sites is 2. The van der Waals surface area contributed by atoms with Gasteiger partial charge in [-0.05, 0) is 37.3 Å². The van der Waals surface area contributed by atoms with E-state index in [0.29, 0.717) is 37.6 Å². The Hall–Kier alpha value is -3.22. The van der Waals surface area contributed by atoms with Gasteiger partial charge in [0.05, 0.1) is 25.8 Å². The van der Waals surface area contributed by atoms with Gasteiger partial charge in [-0.2, -0.15) is 0 Å². The van der Waals surface area contributed by atoms with Crippen LogP contribution in [0, 0.1) is 0 Å². The zero-order valence-electron chi connectivity index (χ0n) is 17.5. The maximum atomic E-state index is 12.5. The van der Waals surface area contributed by atoms with Crippen molar-refractivity contribution >= 4 is 23.6 Å². The number of ether oxygens (including phenoxy) is 2.